The van der Waals surface area contributed by atoms with Crippen LogP contribution in [0.15, 0.2) is 23.7 Å². The second-order valence-corrected chi connectivity index (χ2v) is 2.73. The van der Waals surface area contributed by atoms with Crippen LogP contribution in [0.4, 0.5) is 14.5 Å². The Morgan fingerprint density at radius 2 is 2.07 bits per heavy atom. The highest BCUT2D eigenvalue weighted by Gasteiger charge is 2.07. The van der Waals surface area contributed by atoms with Gasteiger partial charge in [-0.1, -0.05) is 11.6 Å². The number of hydrogen-bond donors (Lipinski definition) is 1. The molecule has 0 aliphatic heterocycles. The third kappa shape index (κ3) is 2.60. The fraction of sp³-hybridized carbons (Fsp3) is 0.111. The number of hydrogen-bond acceptors (Lipinski definition) is 2. The maximum absolute atomic E-state index is 13.0. The lowest BCUT2D eigenvalue weighted by atomic mass is 10.3. The molecule has 0 aromatic heterocycles. The van der Waals surface area contributed by atoms with Crippen LogP contribution in [0, 0.1) is 11.6 Å². The Morgan fingerprint density at radius 1 is 1.36 bits per heavy atom. The summed E-state index contributed by atoms with van der Waals surface area (Å²) in [6.45, 7) is 0.0732. The normalized spacial score (nSPS) is 10.8. The minimum absolute atomic E-state index is 0.0732. The van der Waals surface area contributed by atoms with Gasteiger partial charge in [0, 0.05) is 17.7 Å². The van der Waals surface area contributed by atoms with E-state index >= 15 is 0 Å². The molecule has 5 heteroatoms. The first-order valence-corrected chi connectivity index (χ1v) is 4.21. The summed E-state index contributed by atoms with van der Waals surface area (Å²) in [4.78, 5) is 0. The van der Waals surface area contributed by atoms with Gasteiger partial charge in [-0.3, -0.25) is 0 Å². The van der Waals surface area contributed by atoms with Gasteiger partial charge >= 0.3 is 0 Å². The summed E-state index contributed by atoms with van der Waals surface area (Å²) in [5.74, 6) is -1.60. The molecule has 2 nitrogen and oxygen atoms in total. The number of benzene rings is 1. The van der Waals surface area contributed by atoms with Crippen molar-refractivity contribution in [3.63, 3.8) is 0 Å². The number of anilines is 1. The van der Waals surface area contributed by atoms with Gasteiger partial charge in [-0.05, 0) is 6.08 Å². The zero-order chi connectivity index (χ0) is 10.6. The molecule has 0 fully saturated rings. The zero-order valence-corrected chi connectivity index (χ0v) is 7.89. The summed E-state index contributed by atoms with van der Waals surface area (Å²) >= 11 is 5.22. The first-order chi connectivity index (χ1) is 6.65. The van der Waals surface area contributed by atoms with Crippen molar-refractivity contribution in [2.75, 3.05) is 12.3 Å². The maximum atomic E-state index is 13.0. The Hall–Kier alpha value is -1.29. The van der Waals surface area contributed by atoms with Crippen molar-refractivity contribution in [1.82, 2.24) is 0 Å². The first-order valence-electron chi connectivity index (χ1n) is 3.77. The highest BCUT2D eigenvalue weighted by molar-refractivity contribution is 6.25. The van der Waals surface area contributed by atoms with E-state index in [-0.39, 0.29) is 18.0 Å². The van der Waals surface area contributed by atoms with Crippen molar-refractivity contribution < 1.29 is 13.5 Å². The summed E-state index contributed by atoms with van der Waals surface area (Å²) in [6, 6.07) is 1.77. The Morgan fingerprint density at radius 3 is 2.71 bits per heavy atom. The van der Waals surface area contributed by atoms with E-state index in [4.69, 9.17) is 22.1 Å². The lowest BCUT2D eigenvalue weighted by molar-refractivity contribution is 0.339. The quantitative estimate of drug-likeness (QED) is 0.794. The molecule has 76 valence electrons. The zero-order valence-electron chi connectivity index (χ0n) is 7.14. The lowest BCUT2D eigenvalue weighted by Gasteiger charge is -2.05. The van der Waals surface area contributed by atoms with Gasteiger partial charge < -0.3 is 10.5 Å². The van der Waals surface area contributed by atoms with Crippen LogP contribution in [0.2, 0.25) is 0 Å². The molecule has 2 N–H and O–H groups in total. The second-order valence-electron chi connectivity index (χ2n) is 2.48. The van der Waals surface area contributed by atoms with Crippen molar-refractivity contribution in [1.29, 1.82) is 0 Å². The molecule has 0 spiro atoms. The molecular weight excluding hydrogens is 212 g/mol. The average molecular weight is 220 g/mol. The molecule has 0 saturated heterocycles. The molecular formula is C9H8ClF2NO. The average Bonchev–Trinajstić information content (AvgIpc) is 2.14. The Bertz CT molecular complexity index is 355. The van der Waals surface area contributed by atoms with Crippen LogP contribution in [-0.2, 0) is 0 Å². The van der Waals surface area contributed by atoms with Crippen LogP contribution in [0.5, 0.6) is 5.75 Å². The van der Waals surface area contributed by atoms with Gasteiger partial charge in [0.2, 0.25) is 0 Å². The fourth-order valence-electron chi connectivity index (χ4n) is 0.829. The molecule has 1 aromatic carbocycles. The molecule has 0 amide bonds. The number of halogens is 3. The standard InChI is InChI=1S/C9H8ClF2NO/c10-2-1-3-14-9-5-6(11)8(13)4-7(9)12/h1-2,4-5H,3,13H2/b2-1+. The SMILES string of the molecule is Nc1cc(F)c(OC/C=C/Cl)cc1F. The van der Waals surface area contributed by atoms with E-state index in [0.29, 0.717) is 0 Å². The predicted octanol–water partition coefficient (Wildman–Crippen LogP) is 2.68. The molecule has 0 bridgehead atoms. The van der Waals surface area contributed by atoms with E-state index in [2.05, 4.69) is 0 Å². The van der Waals surface area contributed by atoms with Crippen LogP contribution in [0.25, 0.3) is 0 Å². The predicted molar refractivity (Wildman–Crippen MR) is 51.3 cm³/mol. The molecule has 0 aliphatic rings. The minimum Gasteiger partial charge on any atom is -0.486 e. The number of ether oxygens (including phenoxy) is 1. The Balaban J connectivity index is 2.81. The first kappa shape index (κ1) is 10.8. The summed E-state index contributed by atoms with van der Waals surface area (Å²) < 4.78 is 30.8. The van der Waals surface area contributed by atoms with Crippen molar-refractivity contribution >= 4 is 17.3 Å². The number of nitrogens with two attached hydrogens (primary N) is 1. The third-order valence-corrected chi connectivity index (χ3v) is 1.65. The van der Waals surface area contributed by atoms with Crippen molar-refractivity contribution in [3.8, 4) is 5.75 Å². The number of rotatable bonds is 3. The van der Waals surface area contributed by atoms with Crippen LogP contribution in [0.1, 0.15) is 0 Å². The fourth-order valence-corrected chi connectivity index (χ4v) is 0.902. The second kappa shape index (κ2) is 4.81. The van der Waals surface area contributed by atoms with Gasteiger partial charge in [0.15, 0.2) is 11.6 Å². The van der Waals surface area contributed by atoms with E-state index < -0.39 is 11.6 Å². The van der Waals surface area contributed by atoms with Crippen LogP contribution in [0.3, 0.4) is 0 Å². The van der Waals surface area contributed by atoms with E-state index in [1.54, 1.807) is 0 Å². The van der Waals surface area contributed by atoms with Crippen molar-refractivity contribution in [3.05, 3.63) is 35.4 Å². The van der Waals surface area contributed by atoms with Crippen LogP contribution >= 0.6 is 11.6 Å². The van der Waals surface area contributed by atoms with Crippen LogP contribution < -0.4 is 10.5 Å². The van der Waals surface area contributed by atoms with Gasteiger partial charge in [-0.25, -0.2) is 8.78 Å². The highest BCUT2D eigenvalue weighted by Crippen LogP contribution is 2.22. The molecule has 0 heterocycles. The van der Waals surface area contributed by atoms with Crippen molar-refractivity contribution in [2.45, 2.75) is 0 Å². The molecule has 1 aromatic rings. The Labute approximate surface area is 84.9 Å². The maximum Gasteiger partial charge on any atom is 0.167 e. The monoisotopic (exact) mass is 219 g/mol. The summed E-state index contributed by atoms with van der Waals surface area (Å²) in [7, 11) is 0. The number of nitrogen functional groups attached to an aromatic ring is 1. The van der Waals surface area contributed by atoms with Gasteiger partial charge in [0.05, 0.1) is 5.69 Å². The smallest absolute Gasteiger partial charge is 0.167 e. The molecule has 14 heavy (non-hydrogen) atoms. The van der Waals surface area contributed by atoms with Crippen molar-refractivity contribution in [2.24, 2.45) is 0 Å². The van der Waals surface area contributed by atoms with E-state index in [0.717, 1.165) is 12.1 Å². The van der Waals surface area contributed by atoms with Gasteiger partial charge in [-0.15, -0.1) is 0 Å². The third-order valence-electron chi connectivity index (χ3n) is 1.48. The summed E-state index contributed by atoms with van der Waals surface area (Å²) in [6.07, 6.45) is 1.45. The molecule has 0 radical (unpaired) electrons. The largest absolute Gasteiger partial charge is 0.486 e. The summed E-state index contributed by atoms with van der Waals surface area (Å²) in [5, 5.41) is 0. The van der Waals surface area contributed by atoms with E-state index in [9.17, 15) is 8.78 Å². The van der Waals surface area contributed by atoms with Crippen LogP contribution in [-0.4, -0.2) is 6.61 Å². The molecule has 0 atom stereocenters. The van der Waals surface area contributed by atoms with Gasteiger partial charge in [-0.2, -0.15) is 0 Å². The Kier molecular flexibility index (Phi) is 3.71. The molecule has 0 aliphatic carbocycles. The molecule has 0 saturated carbocycles. The molecule has 1 rings (SSSR count). The minimum atomic E-state index is -0.712. The topological polar surface area (TPSA) is 35.2 Å². The highest BCUT2D eigenvalue weighted by atomic mass is 35.5. The van der Waals surface area contributed by atoms with Gasteiger partial charge in [0.25, 0.3) is 0 Å². The van der Waals surface area contributed by atoms with E-state index in [1.807, 2.05) is 0 Å². The summed E-state index contributed by atoms with van der Waals surface area (Å²) in [5.41, 5.74) is 6.12. The van der Waals surface area contributed by atoms with Gasteiger partial charge in [0.1, 0.15) is 12.4 Å². The lowest BCUT2D eigenvalue weighted by Crippen LogP contribution is -1.99. The van der Waals surface area contributed by atoms with E-state index in [1.165, 1.54) is 11.6 Å². The molecule has 0 unspecified atom stereocenters.